The normalized spacial score (nSPS) is 24.3. The minimum absolute atomic E-state index is 0.211. The van der Waals surface area contributed by atoms with Crippen LogP contribution in [0.5, 0.6) is 0 Å². The molecule has 0 saturated carbocycles. The van der Waals surface area contributed by atoms with Crippen LogP contribution in [-0.2, 0) is 4.79 Å². The number of carbonyl (C=O) groups is 1. The van der Waals surface area contributed by atoms with Gasteiger partial charge in [0.2, 0.25) is 5.91 Å². The van der Waals surface area contributed by atoms with Crippen molar-refractivity contribution in [1.82, 2.24) is 10.2 Å². The van der Waals surface area contributed by atoms with Crippen LogP contribution >= 0.6 is 0 Å². The van der Waals surface area contributed by atoms with Gasteiger partial charge < -0.3 is 10.2 Å². The first kappa shape index (κ1) is 10.5. The Hall–Kier alpha value is -0.570. The van der Waals surface area contributed by atoms with E-state index in [1.165, 1.54) is 13.0 Å². The zero-order valence-corrected chi connectivity index (χ0v) is 8.68. The molecule has 0 bridgehead atoms. The van der Waals surface area contributed by atoms with E-state index in [2.05, 4.69) is 17.3 Å². The topological polar surface area (TPSA) is 32.3 Å². The summed E-state index contributed by atoms with van der Waals surface area (Å²) in [7, 11) is 2.11. The van der Waals surface area contributed by atoms with Crippen molar-refractivity contribution in [3.05, 3.63) is 0 Å². The van der Waals surface area contributed by atoms with E-state index in [0.29, 0.717) is 12.5 Å². The molecule has 1 amide bonds. The summed E-state index contributed by atoms with van der Waals surface area (Å²) in [6, 6.07) is 0.387. The highest BCUT2D eigenvalue weighted by atomic mass is 16.1. The lowest BCUT2D eigenvalue weighted by atomic mass is 10.1. The Morgan fingerprint density at radius 2 is 2.38 bits per heavy atom. The molecular formula is C10H20N2O. The van der Waals surface area contributed by atoms with Gasteiger partial charge in [0.15, 0.2) is 0 Å². The monoisotopic (exact) mass is 184 g/mol. The Kier molecular flexibility index (Phi) is 4.22. The van der Waals surface area contributed by atoms with Gasteiger partial charge in [0.1, 0.15) is 0 Å². The number of rotatable bonds is 3. The maximum Gasteiger partial charge on any atom is 0.220 e. The summed E-state index contributed by atoms with van der Waals surface area (Å²) in [6.45, 7) is 4.21. The van der Waals surface area contributed by atoms with Gasteiger partial charge in [-0.15, -0.1) is 0 Å². The first-order valence-corrected chi connectivity index (χ1v) is 5.20. The van der Waals surface area contributed by atoms with Gasteiger partial charge in [-0.05, 0) is 32.9 Å². The van der Waals surface area contributed by atoms with Crippen LogP contribution in [-0.4, -0.2) is 37.0 Å². The second kappa shape index (κ2) is 5.22. The van der Waals surface area contributed by atoms with Crippen LogP contribution in [0.25, 0.3) is 0 Å². The molecule has 1 aliphatic heterocycles. The van der Waals surface area contributed by atoms with Crippen LogP contribution in [0.3, 0.4) is 0 Å². The average Bonchev–Trinajstić information content (AvgIpc) is 2.04. The molecule has 1 atom stereocenters. The van der Waals surface area contributed by atoms with E-state index in [-0.39, 0.29) is 5.91 Å². The average molecular weight is 184 g/mol. The molecule has 1 N–H and O–H groups in total. The van der Waals surface area contributed by atoms with Crippen molar-refractivity contribution in [2.45, 2.75) is 38.6 Å². The zero-order chi connectivity index (χ0) is 9.68. The summed E-state index contributed by atoms with van der Waals surface area (Å²) >= 11 is 0. The lowest BCUT2D eigenvalue weighted by molar-refractivity contribution is -0.122. The Labute approximate surface area is 80.5 Å². The van der Waals surface area contributed by atoms with E-state index in [1.807, 2.05) is 6.92 Å². The van der Waals surface area contributed by atoms with Gasteiger partial charge in [-0.1, -0.05) is 6.92 Å². The van der Waals surface area contributed by atoms with Crippen molar-refractivity contribution in [2.24, 2.45) is 0 Å². The largest absolute Gasteiger partial charge is 0.352 e. The number of likely N-dealkylation sites (tertiary alicyclic amines) is 1. The predicted molar refractivity (Wildman–Crippen MR) is 53.6 cm³/mol. The van der Waals surface area contributed by atoms with E-state index >= 15 is 0 Å². The van der Waals surface area contributed by atoms with Gasteiger partial charge >= 0.3 is 0 Å². The number of amides is 1. The highest BCUT2D eigenvalue weighted by Gasteiger charge is 2.17. The molecule has 13 heavy (non-hydrogen) atoms. The van der Waals surface area contributed by atoms with E-state index in [9.17, 15) is 4.79 Å². The number of carbonyl (C=O) groups excluding carboxylic acids is 1. The summed E-state index contributed by atoms with van der Waals surface area (Å²) < 4.78 is 0. The minimum atomic E-state index is 0.211. The summed E-state index contributed by atoms with van der Waals surface area (Å²) in [6.07, 6.45) is 3.95. The van der Waals surface area contributed by atoms with Gasteiger partial charge in [-0.2, -0.15) is 0 Å². The molecule has 3 nitrogen and oxygen atoms in total. The molecule has 1 unspecified atom stereocenters. The number of hydrogen-bond acceptors (Lipinski definition) is 2. The number of likely N-dealkylation sites (N-methyl/N-ethyl adjacent to an activating group) is 1. The maximum absolute atomic E-state index is 11.3. The number of piperidine rings is 1. The summed E-state index contributed by atoms with van der Waals surface area (Å²) in [5.74, 6) is 0.211. The fraction of sp³-hybridized carbons (Fsp3) is 0.900. The lowest BCUT2D eigenvalue weighted by Gasteiger charge is -2.30. The van der Waals surface area contributed by atoms with Crippen LogP contribution in [0.1, 0.15) is 32.6 Å². The molecule has 0 aromatic rings. The number of hydrogen-bond donors (Lipinski definition) is 1. The third-order valence-electron chi connectivity index (χ3n) is 2.47. The van der Waals surface area contributed by atoms with E-state index in [0.717, 1.165) is 19.4 Å². The van der Waals surface area contributed by atoms with Crippen LogP contribution in [0.4, 0.5) is 0 Å². The summed E-state index contributed by atoms with van der Waals surface area (Å²) in [5, 5.41) is 3.07. The molecule has 76 valence electrons. The number of nitrogens with one attached hydrogen (secondary N) is 1. The molecule has 0 aliphatic carbocycles. The van der Waals surface area contributed by atoms with Crippen molar-refractivity contribution in [2.75, 3.05) is 20.1 Å². The molecule has 1 rings (SSSR count). The third-order valence-corrected chi connectivity index (χ3v) is 2.47. The second-order valence-electron chi connectivity index (χ2n) is 3.92. The molecule has 1 saturated heterocycles. The molecule has 1 aliphatic rings. The molecule has 0 aromatic carbocycles. The Bertz CT molecular complexity index is 170. The van der Waals surface area contributed by atoms with Crippen LogP contribution < -0.4 is 5.32 Å². The van der Waals surface area contributed by atoms with E-state index in [4.69, 9.17) is 0 Å². The van der Waals surface area contributed by atoms with Crippen molar-refractivity contribution in [3.63, 3.8) is 0 Å². The van der Waals surface area contributed by atoms with Gasteiger partial charge in [0.25, 0.3) is 0 Å². The highest BCUT2D eigenvalue weighted by Crippen LogP contribution is 2.07. The molecular weight excluding hydrogens is 164 g/mol. The highest BCUT2D eigenvalue weighted by molar-refractivity contribution is 5.76. The fourth-order valence-corrected chi connectivity index (χ4v) is 1.81. The van der Waals surface area contributed by atoms with Gasteiger partial charge in [0.05, 0.1) is 0 Å². The van der Waals surface area contributed by atoms with Crippen LogP contribution in [0.15, 0.2) is 0 Å². The maximum atomic E-state index is 11.3. The Balaban J connectivity index is 2.23. The lowest BCUT2D eigenvalue weighted by Crippen LogP contribution is -2.46. The quantitative estimate of drug-likeness (QED) is 0.709. The van der Waals surface area contributed by atoms with Gasteiger partial charge in [-0.3, -0.25) is 4.79 Å². The standard InChI is InChI=1S/C10H20N2O/c1-3-5-10(13)11-9-6-4-7-12(2)8-9/h9H,3-8H2,1-2H3,(H,11,13). The SMILES string of the molecule is CCCC(=O)NC1CCCN(C)C1. The molecule has 1 fully saturated rings. The molecule has 0 spiro atoms. The Morgan fingerprint density at radius 1 is 1.62 bits per heavy atom. The summed E-state index contributed by atoms with van der Waals surface area (Å²) in [4.78, 5) is 13.6. The molecule has 3 heteroatoms. The van der Waals surface area contributed by atoms with Crippen molar-refractivity contribution >= 4 is 5.91 Å². The second-order valence-corrected chi connectivity index (χ2v) is 3.92. The first-order valence-electron chi connectivity index (χ1n) is 5.20. The molecule has 1 heterocycles. The van der Waals surface area contributed by atoms with E-state index in [1.54, 1.807) is 0 Å². The van der Waals surface area contributed by atoms with Crippen LogP contribution in [0.2, 0.25) is 0 Å². The Morgan fingerprint density at radius 3 is 3.00 bits per heavy atom. The van der Waals surface area contributed by atoms with Crippen molar-refractivity contribution in [3.8, 4) is 0 Å². The minimum Gasteiger partial charge on any atom is -0.352 e. The predicted octanol–water partition coefficient (Wildman–Crippen LogP) is 0.997. The van der Waals surface area contributed by atoms with E-state index < -0.39 is 0 Å². The van der Waals surface area contributed by atoms with Crippen LogP contribution in [0, 0.1) is 0 Å². The van der Waals surface area contributed by atoms with Crippen molar-refractivity contribution < 1.29 is 4.79 Å². The fourth-order valence-electron chi connectivity index (χ4n) is 1.81. The van der Waals surface area contributed by atoms with Crippen molar-refractivity contribution in [1.29, 1.82) is 0 Å². The first-order chi connectivity index (χ1) is 6.22. The zero-order valence-electron chi connectivity index (χ0n) is 8.68. The van der Waals surface area contributed by atoms with Gasteiger partial charge in [-0.25, -0.2) is 0 Å². The third kappa shape index (κ3) is 3.77. The van der Waals surface area contributed by atoms with Gasteiger partial charge in [0, 0.05) is 19.0 Å². The summed E-state index contributed by atoms with van der Waals surface area (Å²) in [5.41, 5.74) is 0. The number of nitrogens with zero attached hydrogens (tertiary/aromatic N) is 1. The molecule has 0 radical (unpaired) electrons. The smallest absolute Gasteiger partial charge is 0.220 e. The molecule has 0 aromatic heterocycles.